The first-order valence-electron chi connectivity index (χ1n) is 6.45. The lowest BCUT2D eigenvalue weighted by Gasteiger charge is -2.13. The molecule has 6 nitrogen and oxygen atoms in total. The maximum atomic E-state index is 12.8. The Hall–Kier alpha value is -1.96. The van der Waals surface area contributed by atoms with Crippen LogP contribution in [0, 0.1) is 6.92 Å². The number of nitrogens with zero attached hydrogens (tertiary/aromatic N) is 3. The summed E-state index contributed by atoms with van der Waals surface area (Å²) in [6.07, 6.45) is 1.21. The molecule has 0 radical (unpaired) electrons. The molecule has 0 fully saturated rings. The highest BCUT2D eigenvalue weighted by molar-refractivity contribution is 7.20. The van der Waals surface area contributed by atoms with Gasteiger partial charge in [0.1, 0.15) is 11.5 Å². The molecule has 0 aromatic carbocycles. The third kappa shape index (κ3) is 2.39. The Morgan fingerprint density at radius 1 is 1.43 bits per heavy atom. The monoisotopic (exact) mass is 313 g/mol. The van der Waals surface area contributed by atoms with Gasteiger partial charge in [0.2, 0.25) is 0 Å². The van der Waals surface area contributed by atoms with Gasteiger partial charge in [0.15, 0.2) is 0 Å². The lowest BCUT2D eigenvalue weighted by molar-refractivity contribution is 0.322. The van der Waals surface area contributed by atoms with Crippen molar-refractivity contribution in [2.24, 2.45) is 5.16 Å². The Morgan fingerprint density at radius 2 is 2.10 bits per heavy atom. The second-order valence-corrected chi connectivity index (χ2v) is 5.94. The molecule has 0 bridgehead atoms. The van der Waals surface area contributed by atoms with Crippen molar-refractivity contribution in [1.29, 1.82) is 0 Å². The Morgan fingerprint density at radius 3 is 2.62 bits per heavy atom. The summed E-state index contributed by atoms with van der Waals surface area (Å²) < 4.78 is 15.2. The zero-order valence-electron chi connectivity index (χ0n) is 12.0. The predicted octanol–water partition coefficient (Wildman–Crippen LogP) is 1.89. The van der Waals surface area contributed by atoms with Gasteiger partial charge in [-0.05, 0) is 26.3 Å². The van der Waals surface area contributed by atoms with Gasteiger partial charge >= 0.3 is 5.69 Å². The van der Waals surface area contributed by atoms with Crippen molar-refractivity contribution in [3.05, 3.63) is 31.3 Å². The molecule has 0 saturated carbocycles. The van der Waals surface area contributed by atoms with Crippen LogP contribution in [0.4, 0.5) is 4.39 Å². The molecule has 0 spiro atoms. The number of hydrogen-bond donors (Lipinski definition) is 1. The van der Waals surface area contributed by atoms with Crippen LogP contribution in [-0.4, -0.2) is 27.2 Å². The number of hydrogen-bond acceptors (Lipinski definition) is 5. The van der Waals surface area contributed by atoms with E-state index in [-0.39, 0.29) is 12.6 Å². The summed E-state index contributed by atoms with van der Waals surface area (Å²) in [4.78, 5) is 25.9. The molecule has 0 saturated heterocycles. The smallest absolute Gasteiger partial charge is 0.332 e. The Kier molecular flexibility index (Phi) is 4.26. The average Bonchev–Trinajstić information content (AvgIpc) is 2.72. The van der Waals surface area contributed by atoms with Gasteiger partial charge in [0, 0.05) is 6.04 Å². The van der Waals surface area contributed by atoms with Crippen molar-refractivity contribution in [2.75, 3.05) is 6.67 Å². The van der Waals surface area contributed by atoms with Gasteiger partial charge in [-0.15, -0.1) is 11.3 Å². The normalized spacial score (nSPS) is 12.0. The van der Waals surface area contributed by atoms with Gasteiger partial charge < -0.3 is 5.21 Å². The second kappa shape index (κ2) is 5.80. The molecule has 114 valence electrons. The van der Waals surface area contributed by atoms with Gasteiger partial charge in [-0.2, -0.15) is 0 Å². The SMILES string of the molecule is Cc1c(C=NO)sc2c1c(=O)n(C(C)C)c(=O)n2CCF. The number of rotatable bonds is 4. The summed E-state index contributed by atoms with van der Waals surface area (Å²) in [5.41, 5.74) is -0.292. The third-order valence-electron chi connectivity index (χ3n) is 3.28. The molecule has 2 aromatic heterocycles. The zero-order chi connectivity index (χ0) is 15.7. The molecule has 2 heterocycles. The number of fused-ring (bicyclic) bond motifs is 1. The van der Waals surface area contributed by atoms with Crippen molar-refractivity contribution in [2.45, 2.75) is 33.4 Å². The van der Waals surface area contributed by atoms with Gasteiger partial charge in [0.05, 0.1) is 23.0 Å². The number of thiophene rings is 1. The van der Waals surface area contributed by atoms with Crippen LogP contribution in [0.3, 0.4) is 0 Å². The summed E-state index contributed by atoms with van der Waals surface area (Å²) in [5.74, 6) is 0. The van der Waals surface area contributed by atoms with Crippen LogP contribution in [0.25, 0.3) is 10.2 Å². The molecule has 2 rings (SSSR count). The summed E-state index contributed by atoms with van der Waals surface area (Å²) in [7, 11) is 0. The number of aryl methyl sites for hydroxylation is 2. The van der Waals surface area contributed by atoms with E-state index in [1.807, 2.05) is 0 Å². The second-order valence-electron chi connectivity index (χ2n) is 4.91. The minimum atomic E-state index is -0.703. The van der Waals surface area contributed by atoms with E-state index < -0.39 is 17.9 Å². The summed E-state index contributed by atoms with van der Waals surface area (Å²) in [5, 5.41) is 12.0. The van der Waals surface area contributed by atoms with Crippen molar-refractivity contribution in [3.8, 4) is 0 Å². The van der Waals surface area contributed by atoms with E-state index in [1.165, 1.54) is 10.8 Å². The lowest BCUT2D eigenvalue weighted by Crippen LogP contribution is -2.41. The quantitative estimate of drug-likeness (QED) is 0.532. The summed E-state index contributed by atoms with van der Waals surface area (Å²) in [6.45, 7) is 4.36. The van der Waals surface area contributed by atoms with Gasteiger partial charge in [-0.1, -0.05) is 5.16 Å². The fourth-order valence-electron chi connectivity index (χ4n) is 2.29. The number of halogens is 1. The van der Waals surface area contributed by atoms with E-state index in [0.717, 1.165) is 15.9 Å². The minimum absolute atomic E-state index is 0.113. The molecule has 8 heteroatoms. The number of oxime groups is 1. The maximum absolute atomic E-state index is 12.8. The molecule has 0 aliphatic heterocycles. The van der Waals surface area contributed by atoms with E-state index in [9.17, 15) is 14.0 Å². The molecule has 0 amide bonds. The van der Waals surface area contributed by atoms with Crippen LogP contribution in [-0.2, 0) is 6.54 Å². The molecule has 0 aliphatic rings. The van der Waals surface area contributed by atoms with Crippen LogP contribution in [0.15, 0.2) is 14.7 Å². The highest BCUT2D eigenvalue weighted by Crippen LogP contribution is 2.26. The Bertz CT molecular complexity index is 817. The van der Waals surface area contributed by atoms with Gasteiger partial charge in [-0.3, -0.25) is 13.9 Å². The van der Waals surface area contributed by atoms with Gasteiger partial charge in [0.25, 0.3) is 5.56 Å². The van der Waals surface area contributed by atoms with Crippen LogP contribution in [0.2, 0.25) is 0 Å². The summed E-state index contributed by atoms with van der Waals surface area (Å²) in [6, 6.07) is -0.325. The zero-order valence-corrected chi connectivity index (χ0v) is 12.8. The standard InChI is InChI=1S/C13H16FN3O3S/c1-7(2)17-11(18)10-8(3)9(6-15-20)21-12(10)16(5-4-14)13(17)19/h6-7,20H,4-5H2,1-3H3. The number of aromatic nitrogens is 2. The molecule has 0 aliphatic carbocycles. The van der Waals surface area contributed by atoms with Crippen molar-refractivity contribution < 1.29 is 9.60 Å². The maximum Gasteiger partial charge on any atom is 0.332 e. The first-order chi connectivity index (χ1) is 9.93. The predicted molar refractivity (Wildman–Crippen MR) is 80.8 cm³/mol. The molecular formula is C13H16FN3O3S. The van der Waals surface area contributed by atoms with Crippen LogP contribution in [0.1, 0.15) is 30.3 Å². The fraction of sp³-hybridized carbons (Fsp3) is 0.462. The van der Waals surface area contributed by atoms with E-state index in [0.29, 0.717) is 20.7 Å². The first-order valence-corrected chi connectivity index (χ1v) is 7.27. The van der Waals surface area contributed by atoms with E-state index in [2.05, 4.69) is 5.16 Å². The summed E-state index contributed by atoms with van der Waals surface area (Å²) >= 11 is 1.14. The molecule has 0 unspecified atom stereocenters. The third-order valence-corrected chi connectivity index (χ3v) is 4.53. The highest BCUT2D eigenvalue weighted by atomic mass is 32.1. The van der Waals surface area contributed by atoms with Crippen molar-refractivity contribution in [1.82, 2.24) is 9.13 Å². The van der Waals surface area contributed by atoms with Crippen LogP contribution in [0.5, 0.6) is 0 Å². The van der Waals surface area contributed by atoms with Crippen LogP contribution >= 0.6 is 11.3 Å². The molecule has 21 heavy (non-hydrogen) atoms. The minimum Gasteiger partial charge on any atom is -0.411 e. The topological polar surface area (TPSA) is 76.6 Å². The van der Waals surface area contributed by atoms with E-state index in [1.54, 1.807) is 20.8 Å². The molecule has 1 N–H and O–H groups in total. The van der Waals surface area contributed by atoms with Crippen molar-refractivity contribution >= 4 is 27.8 Å². The molecular weight excluding hydrogens is 297 g/mol. The van der Waals surface area contributed by atoms with Gasteiger partial charge in [-0.25, -0.2) is 9.18 Å². The largest absolute Gasteiger partial charge is 0.411 e. The highest BCUT2D eigenvalue weighted by Gasteiger charge is 2.20. The molecule has 0 atom stereocenters. The average molecular weight is 313 g/mol. The lowest BCUT2D eigenvalue weighted by atomic mass is 10.2. The Balaban J connectivity index is 3.02. The van der Waals surface area contributed by atoms with Crippen molar-refractivity contribution in [3.63, 3.8) is 0 Å². The van der Waals surface area contributed by atoms with Crippen LogP contribution < -0.4 is 11.2 Å². The first kappa shape index (κ1) is 15.4. The van der Waals surface area contributed by atoms with E-state index >= 15 is 0 Å². The van der Waals surface area contributed by atoms with E-state index in [4.69, 9.17) is 5.21 Å². The number of alkyl halides is 1. The fourth-order valence-corrected chi connectivity index (χ4v) is 3.48. The Labute approximate surface area is 123 Å². The molecule has 2 aromatic rings.